The minimum atomic E-state index is -4.17. The SMILES string of the molecule is FC(F)(F)C([SiH3])Cl. The smallest absolute Gasteiger partial charge is 0.170 e. The molecule has 1 atom stereocenters. The molecule has 0 aliphatic rings. The van der Waals surface area contributed by atoms with Crippen LogP contribution in [0, 0.1) is 0 Å². The van der Waals surface area contributed by atoms with Gasteiger partial charge >= 0.3 is 6.18 Å². The fraction of sp³-hybridized carbons (Fsp3) is 1.00. The quantitative estimate of drug-likeness (QED) is 0.346. The molecule has 0 aliphatic carbocycles. The van der Waals surface area contributed by atoms with Gasteiger partial charge < -0.3 is 0 Å². The molecule has 0 heterocycles. The van der Waals surface area contributed by atoms with Crippen LogP contribution in [0.1, 0.15) is 0 Å². The summed E-state index contributed by atoms with van der Waals surface area (Å²) in [6.07, 6.45) is -4.17. The lowest BCUT2D eigenvalue weighted by molar-refractivity contribution is -0.115. The number of hydrogen-bond acceptors (Lipinski definition) is 0. The van der Waals surface area contributed by atoms with Crippen molar-refractivity contribution in [2.75, 3.05) is 0 Å². The molecule has 0 rings (SSSR count). The zero-order valence-corrected chi connectivity index (χ0v) is 6.35. The van der Waals surface area contributed by atoms with Gasteiger partial charge in [0.05, 0.1) is 0 Å². The Morgan fingerprint density at radius 1 is 1.43 bits per heavy atom. The zero-order valence-electron chi connectivity index (χ0n) is 3.59. The molecule has 0 amide bonds. The monoisotopic (exact) mass is 148 g/mol. The molecule has 0 saturated carbocycles. The van der Waals surface area contributed by atoms with E-state index in [1.807, 2.05) is 0 Å². The van der Waals surface area contributed by atoms with E-state index < -0.39 is 11.2 Å². The topological polar surface area (TPSA) is 0 Å². The van der Waals surface area contributed by atoms with Gasteiger partial charge in [-0.15, -0.1) is 11.6 Å². The standard InChI is InChI=1S/C2H4ClF3Si/c3-1(7)2(4,5)6/h1H,7H3. The van der Waals surface area contributed by atoms with Crippen LogP contribution < -0.4 is 0 Å². The summed E-state index contributed by atoms with van der Waals surface area (Å²) in [6, 6.07) is 0. The summed E-state index contributed by atoms with van der Waals surface area (Å²) in [5.74, 6) is 0. The van der Waals surface area contributed by atoms with E-state index in [2.05, 4.69) is 0 Å². The first-order valence-corrected chi connectivity index (χ1v) is 3.24. The van der Waals surface area contributed by atoms with Gasteiger partial charge in [-0.2, -0.15) is 13.2 Å². The maximum atomic E-state index is 11.1. The van der Waals surface area contributed by atoms with Gasteiger partial charge in [0, 0.05) is 10.2 Å². The molecule has 0 spiro atoms. The second-order valence-electron chi connectivity index (χ2n) is 1.16. The molecule has 44 valence electrons. The van der Waals surface area contributed by atoms with Crippen LogP contribution in [0.5, 0.6) is 0 Å². The summed E-state index contributed by atoms with van der Waals surface area (Å²) in [5.41, 5.74) is 0. The highest BCUT2D eigenvalue weighted by Crippen LogP contribution is 2.21. The third-order valence-corrected chi connectivity index (χ3v) is 1.35. The Morgan fingerprint density at radius 3 is 1.57 bits per heavy atom. The second-order valence-corrected chi connectivity index (χ2v) is 3.70. The van der Waals surface area contributed by atoms with Crippen LogP contribution in [0.4, 0.5) is 13.2 Å². The predicted octanol–water partition coefficient (Wildman–Crippen LogP) is 0.479. The molecule has 0 radical (unpaired) electrons. The van der Waals surface area contributed by atoms with Crippen molar-refractivity contribution in [1.29, 1.82) is 0 Å². The van der Waals surface area contributed by atoms with Crippen molar-refractivity contribution in [3.05, 3.63) is 0 Å². The van der Waals surface area contributed by atoms with E-state index in [4.69, 9.17) is 11.6 Å². The van der Waals surface area contributed by atoms with Crippen LogP contribution in [0.3, 0.4) is 0 Å². The minimum absolute atomic E-state index is 0.0316. The molecule has 0 aliphatic heterocycles. The first-order chi connectivity index (χ1) is 2.94. The average molecular weight is 149 g/mol. The third-order valence-electron chi connectivity index (χ3n) is 0.451. The summed E-state index contributed by atoms with van der Waals surface area (Å²) in [5, 5.41) is -1.59. The minimum Gasteiger partial charge on any atom is -0.170 e. The Hall–Kier alpha value is 0.297. The Labute approximate surface area is 47.1 Å². The Balaban J connectivity index is 3.54. The number of alkyl halides is 4. The molecule has 0 aromatic carbocycles. The van der Waals surface area contributed by atoms with Gasteiger partial charge in [-0.3, -0.25) is 0 Å². The summed E-state index contributed by atoms with van der Waals surface area (Å²) in [4.78, 5) is 0. The van der Waals surface area contributed by atoms with Gasteiger partial charge in [0.2, 0.25) is 0 Å². The molecular formula is C2H4ClF3Si. The van der Waals surface area contributed by atoms with Crippen LogP contribution in [-0.2, 0) is 0 Å². The van der Waals surface area contributed by atoms with Gasteiger partial charge in [-0.25, -0.2) is 0 Å². The molecular weight excluding hydrogens is 145 g/mol. The van der Waals surface area contributed by atoms with Crippen molar-refractivity contribution in [2.24, 2.45) is 0 Å². The van der Waals surface area contributed by atoms with Crippen LogP contribution in [0.2, 0.25) is 0 Å². The first-order valence-electron chi connectivity index (χ1n) is 1.65. The number of halogens is 4. The van der Waals surface area contributed by atoms with E-state index >= 15 is 0 Å². The molecule has 0 saturated heterocycles. The zero-order chi connectivity index (χ0) is 6.08. The molecule has 0 nitrogen and oxygen atoms in total. The third kappa shape index (κ3) is 2.93. The van der Waals surface area contributed by atoms with E-state index in [1.54, 1.807) is 0 Å². The fourth-order valence-corrected chi connectivity index (χ4v) is 0. The molecule has 1 unspecified atom stereocenters. The summed E-state index contributed by atoms with van der Waals surface area (Å²) < 4.78 is 33.2. The van der Waals surface area contributed by atoms with Crippen LogP contribution in [-0.4, -0.2) is 21.4 Å². The first kappa shape index (κ1) is 7.30. The lowest BCUT2D eigenvalue weighted by atomic mass is 10.8. The summed E-state index contributed by atoms with van der Waals surface area (Å²) >= 11 is 4.69. The number of rotatable bonds is 0. The van der Waals surface area contributed by atoms with E-state index in [-0.39, 0.29) is 10.2 Å². The van der Waals surface area contributed by atoms with E-state index in [1.165, 1.54) is 0 Å². The fourth-order valence-electron chi connectivity index (χ4n) is 0. The van der Waals surface area contributed by atoms with Gasteiger partial charge in [-0.1, -0.05) is 0 Å². The van der Waals surface area contributed by atoms with Gasteiger partial charge in [0.15, 0.2) is 0 Å². The summed E-state index contributed by atoms with van der Waals surface area (Å²) in [6.45, 7) is 0. The Bertz CT molecular complexity index is 58.4. The van der Waals surface area contributed by atoms with Crippen molar-refractivity contribution in [1.82, 2.24) is 0 Å². The summed E-state index contributed by atoms with van der Waals surface area (Å²) in [7, 11) is -0.0316. The van der Waals surface area contributed by atoms with Crippen molar-refractivity contribution in [3.63, 3.8) is 0 Å². The highest BCUT2D eigenvalue weighted by atomic mass is 35.5. The van der Waals surface area contributed by atoms with E-state index in [0.29, 0.717) is 0 Å². The number of hydrogen-bond donors (Lipinski definition) is 0. The van der Waals surface area contributed by atoms with Gasteiger partial charge in [0.25, 0.3) is 0 Å². The Kier molecular flexibility index (Phi) is 2.13. The van der Waals surface area contributed by atoms with Gasteiger partial charge in [0.1, 0.15) is 5.00 Å². The molecule has 5 heteroatoms. The van der Waals surface area contributed by atoms with E-state index in [0.717, 1.165) is 0 Å². The molecule has 0 N–H and O–H groups in total. The maximum Gasteiger partial charge on any atom is 0.401 e. The Morgan fingerprint density at radius 2 is 1.57 bits per heavy atom. The van der Waals surface area contributed by atoms with Crippen LogP contribution in [0.15, 0.2) is 0 Å². The average Bonchev–Trinajstić information content (AvgIpc) is 1.31. The van der Waals surface area contributed by atoms with Crippen molar-refractivity contribution in [2.45, 2.75) is 11.2 Å². The molecule has 0 aromatic rings. The normalized spacial score (nSPS) is 17.1. The largest absolute Gasteiger partial charge is 0.401 e. The lowest BCUT2D eigenvalue weighted by Crippen LogP contribution is -2.22. The van der Waals surface area contributed by atoms with Gasteiger partial charge in [-0.05, 0) is 0 Å². The molecule has 0 aromatic heterocycles. The molecule has 7 heavy (non-hydrogen) atoms. The molecule has 0 bridgehead atoms. The highest BCUT2D eigenvalue weighted by Gasteiger charge is 2.33. The van der Waals surface area contributed by atoms with Crippen molar-refractivity contribution in [3.8, 4) is 0 Å². The molecule has 0 fully saturated rings. The predicted molar refractivity (Wildman–Crippen MR) is 25.6 cm³/mol. The van der Waals surface area contributed by atoms with Crippen molar-refractivity contribution >= 4 is 21.8 Å². The maximum absolute atomic E-state index is 11.1. The lowest BCUT2D eigenvalue weighted by Gasteiger charge is -2.05. The van der Waals surface area contributed by atoms with E-state index in [9.17, 15) is 13.2 Å². The highest BCUT2D eigenvalue weighted by molar-refractivity contribution is 6.41. The van der Waals surface area contributed by atoms with Crippen LogP contribution >= 0.6 is 11.6 Å². The van der Waals surface area contributed by atoms with Crippen molar-refractivity contribution < 1.29 is 13.2 Å². The van der Waals surface area contributed by atoms with Crippen LogP contribution in [0.25, 0.3) is 0 Å². The second kappa shape index (κ2) is 2.04.